The van der Waals surface area contributed by atoms with E-state index >= 15 is 0 Å². The zero-order chi connectivity index (χ0) is 14.7. The van der Waals surface area contributed by atoms with Gasteiger partial charge in [-0.05, 0) is 98.3 Å². The van der Waals surface area contributed by atoms with Gasteiger partial charge in [0.1, 0.15) is 0 Å². The van der Waals surface area contributed by atoms with Gasteiger partial charge in [-0.15, -0.1) is 0 Å². The molecule has 1 aromatic carbocycles. The third-order valence-corrected chi connectivity index (χ3v) is 7.98. The summed E-state index contributed by atoms with van der Waals surface area (Å²) in [5, 5.41) is 0.953. The maximum Gasteiger partial charge on any atom is 0.0452 e. The zero-order valence-corrected chi connectivity index (χ0v) is 15.3. The first-order valence-corrected chi connectivity index (χ1v) is 9.73. The van der Waals surface area contributed by atoms with Crippen LogP contribution < -0.4 is 0 Å². The lowest BCUT2D eigenvalue weighted by atomic mass is 9.51. The first-order chi connectivity index (χ1) is 10.0. The largest absolute Gasteiger partial charge is 0.0840 e. The van der Waals surface area contributed by atoms with Crippen LogP contribution in [-0.4, -0.2) is 0 Å². The Balaban J connectivity index is 1.66. The smallest absolute Gasteiger partial charge is 0.0452 e. The van der Waals surface area contributed by atoms with Gasteiger partial charge in [0.25, 0.3) is 0 Å². The van der Waals surface area contributed by atoms with Crippen molar-refractivity contribution in [1.29, 1.82) is 0 Å². The van der Waals surface area contributed by atoms with E-state index in [2.05, 4.69) is 41.9 Å². The molecule has 2 heteroatoms. The highest BCUT2D eigenvalue weighted by atomic mass is 79.9. The lowest BCUT2D eigenvalue weighted by Crippen LogP contribution is -2.46. The van der Waals surface area contributed by atoms with Crippen LogP contribution in [0.3, 0.4) is 0 Å². The molecule has 0 amide bonds. The van der Waals surface area contributed by atoms with E-state index < -0.39 is 0 Å². The minimum atomic E-state index is 0.444. The second-order valence-corrected chi connectivity index (χ2v) is 9.26. The van der Waals surface area contributed by atoms with Gasteiger partial charge in [0.05, 0.1) is 0 Å². The normalized spacial score (nSPS) is 38.8. The van der Waals surface area contributed by atoms with Gasteiger partial charge in [0.2, 0.25) is 0 Å². The maximum atomic E-state index is 6.58. The number of halogens is 2. The molecule has 0 N–H and O–H groups in total. The highest BCUT2D eigenvalue weighted by molar-refractivity contribution is 9.09. The highest BCUT2D eigenvalue weighted by Crippen LogP contribution is 2.61. The minimum Gasteiger partial charge on any atom is -0.0840 e. The minimum absolute atomic E-state index is 0.444. The SMILES string of the molecule is Cc1cc(Cl)c(C(Br)C2C3CC4CC(C3)CC2C4)cc1C. The predicted molar refractivity (Wildman–Crippen MR) is 93.1 cm³/mol. The first-order valence-electron chi connectivity index (χ1n) is 8.43. The molecule has 4 aliphatic carbocycles. The molecule has 21 heavy (non-hydrogen) atoms. The summed E-state index contributed by atoms with van der Waals surface area (Å²) in [5.74, 6) is 4.75. The quantitative estimate of drug-likeness (QED) is 0.526. The van der Waals surface area contributed by atoms with E-state index in [1.54, 1.807) is 0 Å². The standard InChI is InChI=1S/C19H24BrCl/c1-10-3-16(17(21)4-11(10)2)19(20)18-14-6-12-5-13(8-14)9-15(18)7-12/h3-4,12-15,18-19H,5-9H2,1-2H3. The van der Waals surface area contributed by atoms with Gasteiger partial charge in [-0.25, -0.2) is 0 Å². The van der Waals surface area contributed by atoms with E-state index in [4.69, 9.17) is 11.6 Å². The van der Waals surface area contributed by atoms with Crippen molar-refractivity contribution < 1.29 is 0 Å². The molecule has 1 unspecified atom stereocenters. The number of benzene rings is 1. The van der Waals surface area contributed by atoms with E-state index in [0.29, 0.717) is 4.83 Å². The topological polar surface area (TPSA) is 0 Å². The van der Waals surface area contributed by atoms with Crippen LogP contribution in [-0.2, 0) is 0 Å². The van der Waals surface area contributed by atoms with Crippen molar-refractivity contribution in [3.05, 3.63) is 33.8 Å². The number of aryl methyl sites for hydroxylation is 2. The molecule has 0 radical (unpaired) electrons. The van der Waals surface area contributed by atoms with Crippen LogP contribution in [0.15, 0.2) is 12.1 Å². The molecule has 4 fully saturated rings. The molecule has 0 nitrogen and oxygen atoms in total. The molecule has 0 heterocycles. The molecule has 0 saturated heterocycles. The molecule has 0 spiro atoms. The van der Waals surface area contributed by atoms with Gasteiger partial charge in [-0.2, -0.15) is 0 Å². The van der Waals surface area contributed by atoms with Crippen molar-refractivity contribution in [3.8, 4) is 0 Å². The third kappa shape index (κ3) is 2.39. The summed E-state index contributed by atoms with van der Waals surface area (Å²) in [4.78, 5) is 0.444. The average molecular weight is 368 g/mol. The Hall–Kier alpha value is -0.0100. The van der Waals surface area contributed by atoms with Crippen molar-refractivity contribution >= 4 is 27.5 Å². The Morgan fingerprint density at radius 2 is 1.48 bits per heavy atom. The van der Waals surface area contributed by atoms with E-state index in [9.17, 15) is 0 Å². The van der Waals surface area contributed by atoms with Crippen LogP contribution in [0.4, 0.5) is 0 Å². The van der Waals surface area contributed by atoms with Crippen LogP contribution in [0.2, 0.25) is 5.02 Å². The Morgan fingerprint density at radius 1 is 0.952 bits per heavy atom. The van der Waals surface area contributed by atoms with Crippen LogP contribution in [0, 0.1) is 43.4 Å². The predicted octanol–water partition coefficient (Wildman–Crippen LogP) is 6.47. The molecule has 4 bridgehead atoms. The first kappa shape index (κ1) is 14.6. The molecule has 0 aliphatic heterocycles. The summed E-state index contributed by atoms with van der Waals surface area (Å²) < 4.78 is 0. The van der Waals surface area contributed by atoms with Crippen molar-refractivity contribution in [1.82, 2.24) is 0 Å². The number of hydrogen-bond donors (Lipinski definition) is 0. The fourth-order valence-corrected chi connectivity index (χ4v) is 7.38. The fraction of sp³-hybridized carbons (Fsp3) is 0.684. The summed E-state index contributed by atoms with van der Waals surface area (Å²) in [6.45, 7) is 4.35. The van der Waals surface area contributed by atoms with Crippen molar-refractivity contribution in [2.75, 3.05) is 0 Å². The number of hydrogen-bond acceptors (Lipinski definition) is 0. The lowest BCUT2D eigenvalue weighted by Gasteiger charge is -2.55. The molecule has 5 rings (SSSR count). The molecule has 1 aromatic rings. The van der Waals surface area contributed by atoms with Gasteiger partial charge in [0, 0.05) is 9.85 Å². The number of rotatable bonds is 2. The summed E-state index contributed by atoms with van der Waals surface area (Å²) in [6.07, 6.45) is 7.42. The van der Waals surface area contributed by atoms with Gasteiger partial charge in [-0.1, -0.05) is 33.6 Å². The van der Waals surface area contributed by atoms with E-state index in [0.717, 1.165) is 34.6 Å². The Labute approximate surface area is 141 Å². The second-order valence-electron chi connectivity index (χ2n) is 7.87. The fourth-order valence-electron chi connectivity index (χ4n) is 5.67. The monoisotopic (exact) mass is 366 g/mol. The van der Waals surface area contributed by atoms with Crippen LogP contribution >= 0.6 is 27.5 Å². The van der Waals surface area contributed by atoms with Crippen LogP contribution in [0.1, 0.15) is 53.6 Å². The van der Waals surface area contributed by atoms with Gasteiger partial charge in [0.15, 0.2) is 0 Å². The second kappa shape index (κ2) is 5.27. The van der Waals surface area contributed by atoms with Crippen molar-refractivity contribution in [2.45, 2.75) is 50.8 Å². The molecule has 0 aromatic heterocycles. The molecular weight excluding hydrogens is 344 g/mol. The summed E-state index contributed by atoms with van der Waals surface area (Å²) in [6, 6.07) is 4.47. The van der Waals surface area contributed by atoms with Gasteiger partial charge in [-0.3, -0.25) is 0 Å². The van der Waals surface area contributed by atoms with E-state index in [-0.39, 0.29) is 0 Å². The summed E-state index contributed by atoms with van der Waals surface area (Å²) in [7, 11) is 0. The van der Waals surface area contributed by atoms with Gasteiger partial charge < -0.3 is 0 Å². The Morgan fingerprint density at radius 3 is 2.05 bits per heavy atom. The zero-order valence-electron chi connectivity index (χ0n) is 12.9. The Kier molecular flexibility index (Phi) is 3.66. The van der Waals surface area contributed by atoms with Crippen molar-refractivity contribution in [2.24, 2.45) is 29.6 Å². The van der Waals surface area contributed by atoms with Crippen LogP contribution in [0.25, 0.3) is 0 Å². The summed E-state index contributed by atoms with van der Waals surface area (Å²) in [5.41, 5.74) is 3.99. The number of alkyl halides is 1. The lowest BCUT2D eigenvalue weighted by molar-refractivity contribution is -0.0364. The van der Waals surface area contributed by atoms with E-state index in [1.165, 1.54) is 48.8 Å². The van der Waals surface area contributed by atoms with Gasteiger partial charge >= 0.3 is 0 Å². The summed E-state index contributed by atoms with van der Waals surface area (Å²) >= 11 is 10.6. The molecule has 4 saturated carbocycles. The van der Waals surface area contributed by atoms with E-state index in [1.807, 2.05) is 0 Å². The molecule has 4 aliphatic rings. The molecule has 114 valence electrons. The Bertz CT molecular complexity index is 537. The highest BCUT2D eigenvalue weighted by Gasteiger charge is 2.50. The third-order valence-electron chi connectivity index (χ3n) is 6.55. The van der Waals surface area contributed by atoms with Crippen LogP contribution in [0.5, 0.6) is 0 Å². The maximum absolute atomic E-state index is 6.58. The average Bonchev–Trinajstić information content (AvgIpc) is 2.41. The molecular formula is C19H24BrCl. The van der Waals surface area contributed by atoms with Crippen molar-refractivity contribution in [3.63, 3.8) is 0 Å². The molecule has 1 atom stereocenters.